The Morgan fingerprint density at radius 1 is 1.17 bits per heavy atom. The number of carbonyl (C=O) groups is 4. The Kier molecular flexibility index (Phi) is 11.0. The Bertz CT molecular complexity index is 1250. The number of fused-ring (bicyclic) bond motifs is 1. The monoisotopic (exact) mass is 581 g/mol. The predicted octanol–water partition coefficient (Wildman–Crippen LogP) is 1.17. The summed E-state index contributed by atoms with van der Waals surface area (Å²) in [5.41, 5.74) is 2.65. The minimum atomic E-state index is -0.301. The van der Waals surface area contributed by atoms with Crippen molar-refractivity contribution in [2.75, 3.05) is 39.3 Å². The SMILES string of the molecule is CC(C)CCn1nc2c3c1CCC(C3)NC(=O)CN(CCCO)C(=O)CCCN(C(=O)c1cccnc1)CCNC2=O. The first-order valence-electron chi connectivity index (χ1n) is 15.0. The molecular formula is C30H43N7O5. The first-order valence-corrected chi connectivity index (χ1v) is 15.0. The van der Waals surface area contributed by atoms with Crippen molar-refractivity contribution < 1.29 is 24.3 Å². The fourth-order valence-corrected chi connectivity index (χ4v) is 5.51. The molecule has 4 rings (SSSR count). The number of hydrogen-bond donors (Lipinski definition) is 3. The molecule has 228 valence electrons. The van der Waals surface area contributed by atoms with Gasteiger partial charge in [-0.05, 0) is 56.6 Å². The molecule has 42 heavy (non-hydrogen) atoms. The lowest BCUT2D eigenvalue weighted by atomic mass is 9.91. The zero-order chi connectivity index (χ0) is 30.1. The Hall–Kier alpha value is -3.80. The van der Waals surface area contributed by atoms with Gasteiger partial charge in [0.15, 0.2) is 5.69 Å². The first-order chi connectivity index (χ1) is 20.3. The van der Waals surface area contributed by atoms with Crippen molar-refractivity contribution >= 4 is 23.6 Å². The lowest BCUT2D eigenvalue weighted by Crippen LogP contribution is -2.46. The van der Waals surface area contributed by atoms with E-state index in [9.17, 15) is 24.3 Å². The van der Waals surface area contributed by atoms with Crippen molar-refractivity contribution in [2.45, 2.75) is 71.4 Å². The van der Waals surface area contributed by atoms with Crippen LogP contribution in [-0.2, 0) is 29.0 Å². The van der Waals surface area contributed by atoms with Crippen LogP contribution in [0.1, 0.15) is 78.1 Å². The summed E-state index contributed by atoms with van der Waals surface area (Å²) in [6.07, 6.45) is 6.77. The van der Waals surface area contributed by atoms with Crippen LogP contribution in [0.5, 0.6) is 0 Å². The van der Waals surface area contributed by atoms with Crippen LogP contribution in [-0.4, -0.2) is 98.7 Å². The van der Waals surface area contributed by atoms with Gasteiger partial charge >= 0.3 is 0 Å². The van der Waals surface area contributed by atoms with Crippen molar-refractivity contribution in [2.24, 2.45) is 5.92 Å². The number of hydrogen-bond acceptors (Lipinski definition) is 7. The second-order valence-corrected chi connectivity index (χ2v) is 11.5. The molecule has 2 aromatic rings. The summed E-state index contributed by atoms with van der Waals surface area (Å²) in [6, 6.07) is 3.19. The molecule has 2 aromatic heterocycles. The molecule has 2 aliphatic rings. The molecule has 3 N–H and O–H groups in total. The Balaban J connectivity index is 1.60. The average Bonchev–Trinajstić information content (AvgIpc) is 3.34. The van der Waals surface area contributed by atoms with Crippen molar-refractivity contribution in [3.05, 3.63) is 47.0 Å². The van der Waals surface area contributed by atoms with Gasteiger partial charge in [0, 0.05) is 75.4 Å². The van der Waals surface area contributed by atoms with Gasteiger partial charge in [-0.1, -0.05) is 13.8 Å². The van der Waals surface area contributed by atoms with E-state index in [2.05, 4.69) is 29.5 Å². The van der Waals surface area contributed by atoms with E-state index in [4.69, 9.17) is 5.10 Å². The number of aryl methyl sites for hydroxylation is 1. The molecule has 4 amide bonds. The molecule has 0 saturated heterocycles. The van der Waals surface area contributed by atoms with Crippen LogP contribution < -0.4 is 10.6 Å². The van der Waals surface area contributed by atoms with E-state index in [0.29, 0.717) is 55.8 Å². The molecule has 1 atom stereocenters. The van der Waals surface area contributed by atoms with Gasteiger partial charge in [-0.15, -0.1) is 0 Å². The van der Waals surface area contributed by atoms with Crippen LogP contribution >= 0.6 is 0 Å². The molecule has 12 heteroatoms. The number of rotatable bonds is 7. The Morgan fingerprint density at radius 2 is 2.00 bits per heavy atom. The van der Waals surface area contributed by atoms with E-state index >= 15 is 0 Å². The smallest absolute Gasteiger partial charge is 0.272 e. The van der Waals surface area contributed by atoms with Gasteiger partial charge in [0.05, 0.1) is 12.1 Å². The Labute approximate surface area is 246 Å². The lowest BCUT2D eigenvalue weighted by molar-refractivity contribution is -0.136. The summed E-state index contributed by atoms with van der Waals surface area (Å²) >= 11 is 0. The molecule has 1 unspecified atom stereocenters. The largest absolute Gasteiger partial charge is 0.396 e. The number of carbonyl (C=O) groups excluding carboxylic acids is 4. The maximum Gasteiger partial charge on any atom is 0.272 e. The number of aliphatic hydroxyl groups is 1. The highest BCUT2D eigenvalue weighted by Crippen LogP contribution is 2.26. The zero-order valence-corrected chi connectivity index (χ0v) is 24.7. The highest BCUT2D eigenvalue weighted by molar-refractivity contribution is 5.95. The third-order valence-corrected chi connectivity index (χ3v) is 7.80. The van der Waals surface area contributed by atoms with E-state index < -0.39 is 0 Å². The van der Waals surface area contributed by atoms with Crippen LogP contribution in [0.25, 0.3) is 0 Å². The lowest BCUT2D eigenvalue weighted by Gasteiger charge is -2.27. The van der Waals surface area contributed by atoms with Gasteiger partial charge in [-0.3, -0.25) is 28.8 Å². The fraction of sp³-hybridized carbons (Fsp3) is 0.600. The number of aromatic nitrogens is 3. The Morgan fingerprint density at radius 3 is 2.74 bits per heavy atom. The molecule has 2 bridgehead atoms. The quantitative estimate of drug-likeness (QED) is 0.444. The van der Waals surface area contributed by atoms with Crippen molar-refractivity contribution in [1.29, 1.82) is 0 Å². The van der Waals surface area contributed by atoms with Crippen LogP contribution in [0.15, 0.2) is 24.5 Å². The van der Waals surface area contributed by atoms with Crippen molar-refractivity contribution in [3.8, 4) is 0 Å². The van der Waals surface area contributed by atoms with E-state index in [0.717, 1.165) is 17.7 Å². The molecule has 3 heterocycles. The van der Waals surface area contributed by atoms with Gasteiger partial charge in [-0.2, -0.15) is 5.10 Å². The number of pyridine rings is 1. The summed E-state index contributed by atoms with van der Waals surface area (Å²) < 4.78 is 1.94. The predicted molar refractivity (Wildman–Crippen MR) is 156 cm³/mol. The molecule has 0 aromatic carbocycles. The maximum absolute atomic E-state index is 13.4. The van der Waals surface area contributed by atoms with E-state index in [1.165, 1.54) is 11.1 Å². The fourth-order valence-electron chi connectivity index (χ4n) is 5.51. The summed E-state index contributed by atoms with van der Waals surface area (Å²) in [6.45, 7) is 5.83. The minimum Gasteiger partial charge on any atom is -0.396 e. The highest BCUT2D eigenvalue weighted by Gasteiger charge is 2.31. The maximum atomic E-state index is 13.4. The van der Waals surface area contributed by atoms with Crippen LogP contribution in [0.4, 0.5) is 0 Å². The number of nitrogens with zero attached hydrogens (tertiary/aromatic N) is 5. The van der Waals surface area contributed by atoms with Crippen LogP contribution in [0.2, 0.25) is 0 Å². The summed E-state index contributed by atoms with van der Waals surface area (Å²) in [5.74, 6) is -0.534. The standard InChI is InChI=1S/C30H43N7O5/c1-21(2)10-15-37-25-9-8-23-18-24(25)28(34-37)29(41)32-12-16-35(30(42)22-6-3-11-31-19-22)13-4-7-27(40)36(14-5-17-38)20-26(39)33-23/h3,6,11,19,21,23,38H,4-5,7-10,12-18,20H2,1-2H3,(H,32,41)(H,33,39). The normalized spacial score (nSPS) is 19.0. The van der Waals surface area contributed by atoms with E-state index in [1.54, 1.807) is 23.2 Å². The van der Waals surface area contributed by atoms with Gasteiger partial charge in [0.2, 0.25) is 11.8 Å². The summed E-state index contributed by atoms with van der Waals surface area (Å²) in [7, 11) is 0. The number of amides is 4. The molecule has 0 saturated carbocycles. The molecule has 1 aliphatic heterocycles. The third-order valence-electron chi connectivity index (χ3n) is 7.80. The topological polar surface area (TPSA) is 150 Å². The molecule has 0 radical (unpaired) electrons. The average molecular weight is 582 g/mol. The van der Waals surface area contributed by atoms with Crippen LogP contribution in [0, 0.1) is 5.92 Å². The number of nitrogens with one attached hydrogen (secondary N) is 2. The minimum absolute atomic E-state index is 0.0885. The summed E-state index contributed by atoms with van der Waals surface area (Å²) in [5, 5.41) is 20.1. The first kappa shape index (κ1) is 31.1. The second-order valence-electron chi connectivity index (χ2n) is 11.5. The molecular weight excluding hydrogens is 538 g/mol. The number of aliphatic hydroxyl groups excluding tert-OH is 1. The zero-order valence-electron chi connectivity index (χ0n) is 24.7. The van der Waals surface area contributed by atoms with E-state index in [-0.39, 0.29) is 75.4 Å². The third kappa shape index (κ3) is 8.15. The van der Waals surface area contributed by atoms with Crippen LogP contribution in [0.3, 0.4) is 0 Å². The second kappa shape index (κ2) is 14.9. The van der Waals surface area contributed by atoms with Crippen molar-refractivity contribution in [3.63, 3.8) is 0 Å². The van der Waals surface area contributed by atoms with Gasteiger partial charge in [0.1, 0.15) is 0 Å². The van der Waals surface area contributed by atoms with Gasteiger partial charge in [-0.25, -0.2) is 0 Å². The van der Waals surface area contributed by atoms with Gasteiger partial charge < -0.3 is 25.5 Å². The highest BCUT2D eigenvalue weighted by atomic mass is 16.3. The van der Waals surface area contributed by atoms with E-state index in [1.807, 2.05) is 4.68 Å². The van der Waals surface area contributed by atoms with Crippen molar-refractivity contribution in [1.82, 2.24) is 35.2 Å². The van der Waals surface area contributed by atoms with Gasteiger partial charge in [0.25, 0.3) is 11.8 Å². The molecule has 12 nitrogen and oxygen atoms in total. The molecule has 0 spiro atoms. The molecule has 1 aliphatic carbocycles. The summed E-state index contributed by atoms with van der Waals surface area (Å²) in [4.78, 5) is 60.1. The molecule has 0 fully saturated rings.